The molecule has 2 aromatic carbocycles. The Labute approximate surface area is 154 Å². The predicted octanol–water partition coefficient (Wildman–Crippen LogP) is 2.26. The van der Waals surface area contributed by atoms with Crippen molar-refractivity contribution < 1.29 is 23.4 Å². The molecule has 4 rings (SSSR count). The second-order valence-electron chi connectivity index (χ2n) is 6.03. The van der Waals surface area contributed by atoms with Crippen molar-refractivity contribution in [2.24, 2.45) is 0 Å². The normalized spacial score (nSPS) is 12.1. The lowest BCUT2D eigenvalue weighted by molar-refractivity contribution is -0.123. The number of ether oxygens (including phenoxy) is 3. The van der Waals surface area contributed by atoms with E-state index in [1.54, 1.807) is 24.3 Å². The summed E-state index contributed by atoms with van der Waals surface area (Å²) in [7, 11) is 0. The van der Waals surface area contributed by atoms with Crippen LogP contribution in [0.4, 0.5) is 0 Å². The van der Waals surface area contributed by atoms with E-state index in [-0.39, 0.29) is 19.3 Å². The summed E-state index contributed by atoms with van der Waals surface area (Å²) < 4.78 is 21.2. The van der Waals surface area contributed by atoms with Crippen molar-refractivity contribution in [2.75, 3.05) is 19.9 Å². The number of amides is 1. The minimum atomic E-state index is -0.430. The largest absolute Gasteiger partial charge is 0.484 e. The zero-order valence-electron chi connectivity index (χ0n) is 14.4. The van der Waals surface area contributed by atoms with Crippen molar-refractivity contribution in [3.8, 4) is 17.2 Å². The lowest BCUT2D eigenvalue weighted by Crippen LogP contribution is -2.30. The Morgan fingerprint density at radius 1 is 1.04 bits per heavy atom. The highest BCUT2D eigenvalue weighted by molar-refractivity contribution is 5.79. The summed E-state index contributed by atoms with van der Waals surface area (Å²) >= 11 is 0. The monoisotopic (exact) mass is 367 g/mol. The topological polar surface area (TPSA) is 87.0 Å². The average Bonchev–Trinajstić information content (AvgIpc) is 3.14. The molecule has 0 aliphatic carbocycles. The molecule has 1 aromatic heterocycles. The number of carbonyl (C=O) groups is 1. The average molecular weight is 367 g/mol. The van der Waals surface area contributed by atoms with Gasteiger partial charge in [0.05, 0.1) is 0 Å². The van der Waals surface area contributed by atoms with Crippen molar-refractivity contribution in [2.45, 2.75) is 6.42 Å². The van der Waals surface area contributed by atoms with Crippen LogP contribution in [0, 0.1) is 0 Å². The van der Waals surface area contributed by atoms with Gasteiger partial charge in [0.2, 0.25) is 6.79 Å². The fourth-order valence-corrected chi connectivity index (χ4v) is 2.77. The van der Waals surface area contributed by atoms with Gasteiger partial charge in [0.1, 0.15) is 11.3 Å². The van der Waals surface area contributed by atoms with E-state index in [0.29, 0.717) is 24.3 Å². The molecule has 0 saturated carbocycles. The zero-order chi connectivity index (χ0) is 18.6. The Kier molecular flexibility index (Phi) is 4.65. The van der Waals surface area contributed by atoms with Crippen LogP contribution in [0.1, 0.15) is 5.56 Å². The number of rotatable bonds is 6. The summed E-state index contributed by atoms with van der Waals surface area (Å²) in [5, 5.41) is 3.59. The number of hydrogen-bond acceptors (Lipinski definition) is 6. The van der Waals surface area contributed by atoms with Crippen molar-refractivity contribution in [1.82, 2.24) is 5.32 Å². The molecule has 27 heavy (non-hydrogen) atoms. The maximum Gasteiger partial charge on any atom is 0.336 e. The van der Waals surface area contributed by atoms with E-state index >= 15 is 0 Å². The van der Waals surface area contributed by atoms with E-state index in [4.69, 9.17) is 18.6 Å². The molecule has 0 fully saturated rings. The van der Waals surface area contributed by atoms with Gasteiger partial charge in [-0.2, -0.15) is 0 Å². The van der Waals surface area contributed by atoms with Gasteiger partial charge in [-0.1, -0.05) is 6.07 Å². The molecule has 0 atom stereocenters. The molecule has 0 spiro atoms. The highest BCUT2D eigenvalue weighted by Gasteiger charge is 2.13. The van der Waals surface area contributed by atoms with Gasteiger partial charge in [-0.05, 0) is 42.3 Å². The smallest absolute Gasteiger partial charge is 0.336 e. The molecule has 1 N–H and O–H groups in total. The van der Waals surface area contributed by atoms with Crippen LogP contribution in [0.2, 0.25) is 0 Å². The highest BCUT2D eigenvalue weighted by atomic mass is 16.7. The molecule has 0 saturated heterocycles. The van der Waals surface area contributed by atoms with Gasteiger partial charge in [0.15, 0.2) is 18.1 Å². The molecule has 2 heterocycles. The van der Waals surface area contributed by atoms with E-state index in [1.165, 1.54) is 6.07 Å². The van der Waals surface area contributed by atoms with Gasteiger partial charge in [-0.25, -0.2) is 4.79 Å². The van der Waals surface area contributed by atoms with Crippen LogP contribution in [0.3, 0.4) is 0 Å². The number of benzene rings is 2. The van der Waals surface area contributed by atoms with Gasteiger partial charge < -0.3 is 23.9 Å². The molecule has 138 valence electrons. The first-order valence-electron chi connectivity index (χ1n) is 8.49. The molecule has 1 aliphatic rings. The minimum Gasteiger partial charge on any atom is -0.484 e. The van der Waals surface area contributed by atoms with Crippen LogP contribution in [0.5, 0.6) is 17.2 Å². The molecular weight excluding hydrogens is 350 g/mol. The predicted molar refractivity (Wildman–Crippen MR) is 97.3 cm³/mol. The van der Waals surface area contributed by atoms with Crippen LogP contribution in [0.15, 0.2) is 57.7 Å². The summed E-state index contributed by atoms with van der Waals surface area (Å²) in [5.74, 6) is 1.70. The molecule has 7 heteroatoms. The number of hydrogen-bond donors (Lipinski definition) is 1. The lowest BCUT2D eigenvalue weighted by Gasteiger charge is -2.08. The Morgan fingerprint density at radius 3 is 2.81 bits per heavy atom. The molecule has 0 unspecified atom stereocenters. The fraction of sp³-hybridized carbons (Fsp3) is 0.200. The lowest BCUT2D eigenvalue weighted by atomic mass is 10.1. The first kappa shape index (κ1) is 17.0. The van der Waals surface area contributed by atoms with E-state index < -0.39 is 5.63 Å². The number of carbonyl (C=O) groups excluding carboxylic acids is 1. The maximum atomic E-state index is 12.0. The van der Waals surface area contributed by atoms with E-state index in [0.717, 1.165) is 22.4 Å². The summed E-state index contributed by atoms with van der Waals surface area (Å²) in [5.41, 5.74) is 1.04. The van der Waals surface area contributed by atoms with E-state index in [1.807, 2.05) is 18.2 Å². The summed E-state index contributed by atoms with van der Waals surface area (Å²) in [6.07, 6.45) is 0.670. The third-order valence-corrected chi connectivity index (χ3v) is 4.14. The molecule has 3 aromatic rings. The van der Waals surface area contributed by atoms with Crippen LogP contribution in [-0.4, -0.2) is 25.9 Å². The summed E-state index contributed by atoms with van der Waals surface area (Å²) in [4.78, 5) is 23.2. The van der Waals surface area contributed by atoms with Crippen molar-refractivity contribution >= 4 is 16.9 Å². The summed E-state index contributed by atoms with van der Waals surface area (Å²) in [6.45, 7) is 0.600. The molecule has 0 radical (unpaired) electrons. The standard InChI is InChI=1S/C20H17NO6/c22-19(21-8-7-13-1-5-16-18(9-13)26-12-25-16)11-24-15-4-2-14-3-6-20(23)27-17(14)10-15/h1-6,9-10H,7-8,11-12H2,(H,21,22). The number of fused-ring (bicyclic) bond motifs is 2. The van der Waals surface area contributed by atoms with E-state index in [9.17, 15) is 9.59 Å². The van der Waals surface area contributed by atoms with Crippen LogP contribution >= 0.6 is 0 Å². The highest BCUT2D eigenvalue weighted by Crippen LogP contribution is 2.32. The second kappa shape index (κ2) is 7.41. The van der Waals surface area contributed by atoms with Crippen LogP contribution in [0.25, 0.3) is 11.0 Å². The van der Waals surface area contributed by atoms with Crippen LogP contribution < -0.4 is 25.2 Å². The maximum absolute atomic E-state index is 12.0. The first-order valence-corrected chi connectivity index (χ1v) is 8.49. The van der Waals surface area contributed by atoms with Gasteiger partial charge in [0.25, 0.3) is 5.91 Å². The molecule has 1 aliphatic heterocycles. The fourth-order valence-electron chi connectivity index (χ4n) is 2.77. The van der Waals surface area contributed by atoms with Gasteiger partial charge in [0, 0.05) is 24.1 Å². The minimum absolute atomic E-state index is 0.121. The third-order valence-electron chi connectivity index (χ3n) is 4.14. The van der Waals surface area contributed by atoms with E-state index in [2.05, 4.69) is 5.32 Å². The van der Waals surface area contributed by atoms with Gasteiger partial charge in [-0.15, -0.1) is 0 Å². The first-order chi connectivity index (χ1) is 13.2. The SMILES string of the molecule is O=C(COc1ccc2ccc(=O)oc2c1)NCCc1ccc2c(c1)OCO2. The molecule has 1 amide bonds. The van der Waals surface area contributed by atoms with Crippen molar-refractivity contribution in [3.05, 3.63) is 64.5 Å². The van der Waals surface area contributed by atoms with Gasteiger partial charge >= 0.3 is 5.63 Å². The summed E-state index contributed by atoms with van der Waals surface area (Å²) in [6, 6.07) is 13.8. The second-order valence-corrected chi connectivity index (χ2v) is 6.03. The Balaban J connectivity index is 1.26. The molecular formula is C20H17NO6. The van der Waals surface area contributed by atoms with Crippen molar-refractivity contribution in [3.63, 3.8) is 0 Å². The Hall–Kier alpha value is -3.48. The molecule has 0 bridgehead atoms. The van der Waals surface area contributed by atoms with Crippen LogP contribution in [-0.2, 0) is 11.2 Å². The zero-order valence-corrected chi connectivity index (χ0v) is 14.4. The Morgan fingerprint density at radius 2 is 1.89 bits per heavy atom. The Bertz CT molecular complexity index is 1040. The van der Waals surface area contributed by atoms with Crippen molar-refractivity contribution in [1.29, 1.82) is 0 Å². The quantitative estimate of drug-likeness (QED) is 0.673. The molecule has 7 nitrogen and oxygen atoms in total. The number of nitrogens with one attached hydrogen (secondary N) is 1. The third kappa shape index (κ3) is 4.03. The van der Waals surface area contributed by atoms with Gasteiger partial charge in [-0.3, -0.25) is 4.79 Å².